The minimum Gasteiger partial charge on any atom is -0.756 e. The molecule has 3 aliphatic heterocycles. The smallest absolute Gasteiger partial charge is 0.487 e. The van der Waals surface area contributed by atoms with E-state index in [2.05, 4.69) is 53.0 Å². The number of aromatic amines is 3. The van der Waals surface area contributed by atoms with Gasteiger partial charge in [-0.15, -0.1) is 0 Å². The first-order chi connectivity index (χ1) is 35.6. The van der Waals surface area contributed by atoms with Crippen LogP contribution in [0.2, 0.25) is 0 Å². The van der Waals surface area contributed by atoms with Gasteiger partial charge in [0, 0.05) is 7.11 Å². The lowest BCUT2D eigenvalue weighted by Crippen LogP contribution is -2.46. The number of aliphatic hydroxyl groups is 4. The minimum absolute atomic E-state index is 0.0426. The van der Waals surface area contributed by atoms with Gasteiger partial charge in [0.15, 0.2) is 41.1 Å². The maximum absolute atomic E-state index is 13.7. The number of fused-ring (bicyclic) bond motifs is 3. The number of nitrogens with zero attached hydrogens (tertiary/aromatic N) is 9. The molecular weight excluding hydrogens is 1120 g/mol. The molecule has 0 aromatic carbocycles. The summed E-state index contributed by atoms with van der Waals surface area (Å²) in [6.07, 6.45) is -17.7. The third-order valence-electron chi connectivity index (χ3n) is 11.6. The van der Waals surface area contributed by atoms with Crippen LogP contribution in [-0.4, -0.2) is 171 Å². The summed E-state index contributed by atoms with van der Waals surface area (Å²) in [7, 11) is -21.5. The van der Waals surface area contributed by atoms with Crippen LogP contribution in [0.15, 0.2) is 33.4 Å². The lowest BCUT2D eigenvalue weighted by atomic mass is 10.1. The fourth-order valence-corrected chi connectivity index (χ4v) is 12.8. The number of hydrogen-bond acceptors (Lipinski definition) is 30. The first-order valence-electron chi connectivity index (χ1n) is 21.3. The van der Waals surface area contributed by atoms with Gasteiger partial charge in [-0.25, -0.2) is 32.5 Å². The van der Waals surface area contributed by atoms with Crippen LogP contribution in [0.25, 0.3) is 33.5 Å². The molecule has 3 fully saturated rings. The third kappa shape index (κ3) is 10.9. The molecule has 44 heteroatoms. The number of H-pyrrole nitrogens is 3. The highest BCUT2D eigenvalue weighted by molar-refractivity contribution is 7.66. The second kappa shape index (κ2) is 20.5. The van der Waals surface area contributed by atoms with Crippen molar-refractivity contribution in [3.8, 4) is 0 Å². The van der Waals surface area contributed by atoms with E-state index in [0.717, 1.165) is 33.5 Å². The van der Waals surface area contributed by atoms with Crippen molar-refractivity contribution in [2.24, 2.45) is 7.05 Å². The van der Waals surface area contributed by atoms with Crippen molar-refractivity contribution in [1.29, 1.82) is 0 Å². The van der Waals surface area contributed by atoms with E-state index in [1.165, 1.54) is 17.9 Å². The molecule has 0 spiro atoms. The van der Waals surface area contributed by atoms with Gasteiger partial charge in [0.25, 0.3) is 30.4 Å². The Morgan fingerprint density at radius 1 is 0.671 bits per heavy atom. The molecule has 40 nitrogen and oxygen atoms in total. The molecule has 16 atom stereocenters. The predicted molar refractivity (Wildman–Crippen MR) is 240 cm³/mol. The molecular formula is C32H43N15O25P4. The summed E-state index contributed by atoms with van der Waals surface area (Å²) in [6.45, 7) is -3.59. The number of hydrogen-bond donors (Lipinski definition) is 13. The number of rotatable bonds is 19. The summed E-state index contributed by atoms with van der Waals surface area (Å²) in [4.78, 5) is 109. The summed E-state index contributed by atoms with van der Waals surface area (Å²) in [5, 5.41) is 43.1. The maximum atomic E-state index is 13.7. The zero-order valence-corrected chi connectivity index (χ0v) is 41.9. The van der Waals surface area contributed by atoms with Crippen LogP contribution in [0.5, 0.6) is 0 Å². The Morgan fingerprint density at radius 2 is 1.18 bits per heavy atom. The Morgan fingerprint density at radius 3 is 1.80 bits per heavy atom. The first-order valence-corrected chi connectivity index (χ1v) is 27.3. The van der Waals surface area contributed by atoms with E-state index in [-0.39, 0.29) is 45.4 Å². The van der Waals surface area contributed by atoms with Crippen LogP contribution >= 0.6 is 31.3 Å². The molecule has 9 rings (SSSR count). The average molecular weight is 1160 g/mol. The molecule has 0 radical (unpaired) electrons. The Bertz CT molecular complexity index is 3590. The highest BCUT2D eigenvalue weighted by Crippen LogP contribution is 2.67. The minimum atomic E-state index is -6.30. The molecule has 0 saturated carbocycles. The van der Waals surface area contributed by atoms with Crippen LogP contribution in [0, 0.1) is 0 Å². The molecule has 0 aliphatic carbocycles. The van der Waals surface area contributed by atoms with Crippen LogP contribution < -0.4 is 43.3 Å². The van der Waals surface area contributed by atoms with Crippen LogP contribution in [0.3, 0.4) is 0 Å². The zero-order valence-electron chi connectivity index (χ0n) is 38.3. The largest absolute Gasteiger partial charge is 0.756 e. The van der Waals surface area contributed by atoms with Crippen molar-refractivity contribution in [3.63, 3.8) is 0 Å². The topological polar surface area (TPSA) is 585 Å². The summed E-state index contributed by atoms with van der Waals surface area (Å²) in [5.74, 6) is -1.07. The van der Waals surface area contributed by atoms with Gasteiger partial charge in [-0.1, -0.05) is 4.98 Å². The summed E-state index contributed by atoms with van der Waals surface area (Å²) >= 11 is 0. The molecule has 3 aliphatic rings. The van der Waals surface area contributed by atoms with E-state index in [1.807, 2.05) is 0 Å². The van der Waals surface area contributed by atoms with Crippen molar-refractivity contribution in [2.75, 3.05) is 44.1 Å². The molecule has 76 heavy (non-hydrogen) atoms. The van der Waals surface area contributed by atoms with Crippen molar-refractivity contribution in [3.05, 3.63) is 50.0 Å². The van der Waals surface area contributed by atoms with E-state index in [0.29, 0.717) is 0 Å². The lowest BCUT2D eigenvalue weighted by molar-refractivity contribution is -0.745. The molecule has 9 heterocycles. The fraction of sp³-hybridized carbons (Fsp3) is 0.531. The maximum Gasteiger partial charge on any atom is 0.487 e. The van der Waals surface area contributed by atoms with E-state index < -0.39 is 147 Å². The number of aliphatic hydroxyl groups excluding tert-OH is 4. The Labute approximate surface area is 418 Å². The standard InChI is InChI=1S/C32H43N15O25P4/c1-44-8-47(23-14(44)26(54)43-32(35)40-23)28-18(51)16(49)10(68-28)4-65-74(57,58)71-76(61,62)72-75(59,60)66-5-11-19(20(63-2)29(69-11)46-7-37-13-22(46)39-31(34)42-25(13)53)70-73(55,56)64-3-9-15(48)17(50)27(67-9)45-6-36-12-21(45)38-30(33)41-24(12)52/h6-11,15-20,27-29,48-51H,3-5H2,1-2H3,(H12-,33,34,35,38,39,40,41,42,43,52,53,54,55,56,57,58,59,60,61,62)/t9-,10-,11-,15-,16-,17-,18-,19-,20-,27-,28-,29-/m1/s1. The van der Waals surface area contributed by atoms with E-state index in [4.69, 9.17) is 49.7 Å². The van der Waals surface area contributed by atoms with E-state index in [1.54, 1.807) is 0 Å². The molecule has 6 aromatic rings. The third-order valence-corrected chi connectivity index (χ3v) is 16.8. The summed E-state index contributed by atoms with van der Waals surface area (Å²) in [5.41, 5.74) is 13.6. The second-order valence-corrected chi connectivity index (χ2v) is 22.6. The molecule has 6 aromatic heterocycles. The number of imidazole rings is 3. The number of nitrogens with one attached hydrogen (secondary N) is 3. The average Bonchev–Trinajstić information content (AvgIpc) is 4.17. The second-order valence-electron chi connectivity index (χ2n) is 16.6. The molecule has 4 unspecified atom stereocenters. The van der Waals surface area contributed by atoms with Crippen molar-refractivity contribution >= 4 is 82.6 Å². The predicted octanol–water partition coefficient (Wildman–Crippen LogP) is -6.05. The van der Waals surface area contributed by atoms with Crippen LogP contribution in [0.4, 0.5) is 17.8 Å². The van der Waals surface area contributed by atoms with Gasteiger partial charge >= 0.3 is 29.1 Å². The van der Waals surface area contributed by atoms with Crippen molar-refractivity contribution in [2.45, 2.75) is 73.6 Å². The number of aryl methyl sites for hydroxylation is 1. The Hall–Kier alpha value is -5.35. The zero-order chi connectivity index (χ0) is 55.1. The molecule has 0 amide bonds. The fourth-order valence-electron chi connectivity index (χ4n) is 8.35. The number of ether oxygens (including phenoxy) is 4. The number of methoxy groups -OCH3 is 1. The van der Waals surface area contributed by atoms with Gasteiger partial charge in [0.2, 0.25) is 23.6 Å². The van der Waals surface area contributed by atoms with Gasteiger partial charge < -0.3 is 80.7 Å². The molecule has 0 bridgehead atoms. The van der Waals surface area contributed by atoms with Crippen LogP contribution in [-0.2, 0) is 71.0 Å². The van der Waals surface area contributed by atoms with E-state index in [9.17, 15) is 72.6 Å². The van der Waals surface area contributed by atoms with Gasteiger partial charge in [0.1, 0.15) is 54.9 Å². The molecule has 16 N–H and O–H groups in total. The van der Waals surface area contributed by atoms with Gasteiger partial charge in [-0.2, -0.15) is 14.3 Å². The highest BCUT2D eigenvalue weighted by Gasteiger charge is 2.53. The Kier molecular flexibility index (Phi) is 14.9. The molecule has 3 saturated heterocycles. The lowest BCUT2D eigenvalue weighted by Gasteiger charge is -2.27. The normalized spacial score (nSPS) is 30.2. The van der Waals surface area contributed by atoms with Crippen molar-refractivity contribution in [1.82, 2.24) is 53.6 Å². The SMILES string of the molecule is CO[C@@H]1[C@H](OP(=O)(O)OC[C@H]2O[C@@H](n3cnc4c(=O)[nH]c(N)nc43)[C@H](O)[C@@H]2O)[C@@H](COP(=O)(O)OP(=O)(O)OP(=O)([O-])OC[C@H]2O[C@@H]([n+]3cn(C)c4c(=O)[nH]c(N)nc43)[C@H](O)[C@@H]2O)O[C@H]1n1cnc2c(=O)[nH]c(N)nc21. The molecule has 416 valence electrons. The number of phosphoric ester groups is 3. The van der Waals surface area contributed by atoms with Gasteiger partial charge in [0.05, 0.1) is 39.5 Å². The Balaban J connectivity index is 0.871. The van der Waals surface area contributed by atoms with Gasteiger partial charge in [-0.3, -0.25) is 61.2 Å². The highest BCUT2D eigenvalue weighted by atomic mass is 31.3. The van der Waals surface area contributed by atoms with Gasteiger partial charge in [-0.05, 0) is 0 Å². The monoisotopic (exact) mass is 1160 g/mol. The number of nitrogen functional groups attached to an aromatic ring is 3. The van der Waals surface area contributed by atoms with E-state index >= 15 is 0 Å². The number of nitrogens with two attached hydrogens (primary N) is 3. The first kappa shape index (κ1) is 55.4. The number of anilines is 3. The summed E-state index contributed by atoms with van der Waals surface area (Å²) < 4.78 is 108. The van der Waals surface area contributed by atoms with Crippen molar-refractivity contribution < 1.29 is 108 Å². The summed E-state index contributed by atoms with van der Waals surface area (Å²) in [6, 6.07) is 0. The van der Waals surface area contributed by atoms with Crippen LogP contribution in [0.1, 0.15) is 18.7 Å². The number of phosphoric acid groups is 4. The number of aromatic nitrogens is 12. The quantitative estimate of drug-likeness (QED) is 0.0265.